The number of rotatable bonds is 9. The first kappa shape index (κ1) is 25.3. The van der Waals surface area contributed by atoms with Gasteiger partial charge in [0.05, 0.1) is 6.61 Å². The van der Waals surface area contributed by atoms with Gasteiger partial charge in [0.2, 0.25) is 6.29 Å². The highest BCUT2D eigenvalue weighted by Crippen LogP contribution is 2.28. The molecule has 0 radical (unpaired) electrons. The van der Waals surface area contributed by atoms with Crippen LogP contribution in [0.4, 0.5) is 0 Å². The van der Waals surface area contributed by atoms with Crippen LogP contribution in [0.2, 0.25) is 0 Å². The summed E-state index contributed by atoms with van der Waals surface area (Å²) in [5.41, 5.74) is 0.492. The Bertz CT molecular complexity index is 752. The quantitative estimate of drug-likeness (QED) is 0.194. The molecule has 9 nitrogen and oxygen atoms in total. The number of carbonyl (C=O) groups is 3. The average molecular weight is 424 g/mol. The molecule has 0 spiro atoms. The lowest BCUT2D eigenvalue weighted by Crippen LogP contribution is -2.59. The van der Waals surface area contributed by atoms with Gasteiger partial charge in [-0.15, -0.1) is 0 Å². The van der Waals surface area contributed by atoms with Crippen molar-refractivity contribution in [2.24, 2.45) is 0 Å². The van der Waals surface area contributed by atoms with Crippen LogP contribution in [0.25, 0.3) is 0 Å². The van der Waals surface area contributed by atoms with Gasteiger partial charge in [0.1, 0.15) is 0 Å². The van der Waals surface area contributed by atoms with E-state index >= 15 is 0 Å². The van der Waals surface area contributed by atoms with Crippen molar-refractivity contribution in [3.8, 4) is 0 Å². The number of ether oxygens (including phenoxy) is 5. The molecule has 1 fully saturated rings. The number of carbonyl (C=O) groups excluding carboxylic acids is 3. The molecule has 0 aromatic heterocycles. The Hall–Kier alpha value is -2.75. The summed E-state index contributed by atoms with van der Waals surface area (Å²) in [4.78, 5) is 36.2. The van der Waals surface area contributed by atoms with Gasteiger partial charge in [0, 0.05) is 16.7 Å². The van der Waals surface area contributed by atoms with E-state index < -0.39 is 48.8 Å². The van der Waals surface area contributed by atoms with Crippen molar-refractivity contribution in [1.29, 1.82) is 0 Å². The van der Waals surface area contributed by atoms with E-state index in [0.717, 1.165) is 0 Å². The van der Waals surface area contributed by atoms with E-state index in [0.29, 0.717) is 0 Å². The molecule has 1 rings (SSSR count). The molecular formula is C21H28O9. The van der Waals surface area contributed by atoms with Crippen molar-refractivity contribution in [2.45, 2.75) is 58.6 Å². The molecule has 1 saturated heterocycles. The fraction of sp³-hybridized carbons (Fsp3) is 0.476. The molecule has 30 heavy (non-hydrogen) atoms. The second-order valence-corrected chi connectivity index (χ2v) is 7.06. The number of hydrogen-bond acceptors (Lipinski definition) is 9. The fourth-order valence-corrected chi connectivity index (χ4v) is 2.17. The predicted molar refractivity (Wildman–Crippen MR) is 106 cm³/mol. The summed E-state index contributed by atoms with van der Waals surface area (Å²) in [7, 11) is 0. The highest BCUT2D eigenvalue weighted by atomic mass is 16.7. The minimum atomic E-state index is -1.51. The van der Waals surface area contributed by atoms with Crippen molar-refractivity contribution >= 4 is 17.9 Å². The topological polar surface area (TPSA) is 118 Å². The summed E-state index contributed by atoms with van der Waals surface area (Å²) < 4.78 is 26.9. The average Bonchev–Trinajstić information content (AvgIpc) is 2.64. The molecule has 0 amide bonds. The zero-order valence-corrected chi connectivity index (χ0v) is 17.6. The Morgan fingerprint density at radius 3 is 1.77 bits per heavy atom. The standard InChI is InChI=1S/C21H28O9/c1-10(2)17(22)27-14-9-26-21(30-20(25)13(7)8)16(29-19(24)12(5)6)15(14)28-18(23)11(3)4/h14-16,19,21,24H,1,3,5,7,9H2,2,4,6,8H3/t14-,15-,16+,19?,21?/m1/s1. The van der Waals surface area contributed by atoms with E-state index in [2.05, 4.69) is 26.3 Å². The van der Waals surface area contributed by atoms with E-state index in [-0.39, 0.29) is 28.9 Å². The van der Waals surface area contributed by atoms with E-state index in [1.165, 1.54) is 27.7 Å². The van der Waals surface area contributed by atoms with Gasteiger partial charge in [-0.2, -0.15) is 0 Å². The van der Waals surface area contributed by atoms with E-state index in [4.69, 9.17) is 23.7 Å². The molecule has 5 atom stereocenters. The summed E-state index contributed by atoms with van der Waals surface area (Å²) >= 11 is 0. The lowest BCUT2D eigenvalue weighted by atomic mass is 10.0. The smallest absolute Gasteiger partial charge is 0.335 e. The van der Waals surface area contributed by atoms with Crippen LogP contribution in [0, 0.1) is 0 Å². The van der Waals surface area contributed by atoms with Crippen molar-refractivity contribution in [1.82, 2.24) is 0 Å². The molecule has 0 aromatic rings. The third-order valence-electron chi connectivity index (χ3n) is 3.86. The monoisotopic (exact) mass is 424 g/mol. The molecule has 1 aliphatic heterocycles. The first-order valence-corrected chi connectivity index (χ1v) is 9.05. The Balaban J connectivity index is 3.30. The van der Waals surface area contributed by atoms with Crippen molar-refractivity contribution in [2.75, 3.05) is 6.61 Å². The zero-order chi connectivity index (χ0) is 23.2. The molecule has 0 saturated carbocycles. The van der Waals surface area contributed by atoms with Crippen LogP contribution in [-0.2, 0) is 38.1 Å². The molecular weight excluding hydrogens is 396 g/mol. The van der Waals surface area contributed by atoms with Gasteiger partial charge in [0.25, 0.3) is 0 Å². The third kappa shape index (κ3) is 6.94. The normalized spacial score (nSPS) is 24.2. The highest BCUT2D eigenvalue weighted by Gasteiger charge is 2.49. The van der Waals surface area contributed by atoms with Crippen LogP contribution in [0.1, 0.15) is 27.7 Å². The lowest BCUT2D eigenvalue weighted by molar-refractivity contribution is -0.297. The summed E-state index contributed by atoms with van der Waals surface area (Å²) in [6.07, 6.45) is -6.71. The Labute approximate surface area is 175 Å². The lowest BCUT2D eigenvalue weighted by Gasteiger charge is -2.41. The largest absolute Gasteiger partial charge is 0.452 e. The van der Waals surface area contributed by atoms with Crippen molar-refractivity contribution in [3.05, 3.63) is 48.6 Å². The number of aliphatic hydroxyl groups is 1. The Morgan fingerprint density at radius 1 is 0.833 bits per heavy atom. The molecule has 0 aromatic carbocycles. The van der Waals surface area contributed by atoms with Gasteiger partial charge in [-0.05, 0) is 33.3 Å². The molecule has 0 aliphatic carbocycles. The van der Waals surface area contributed by atoms with Gasteiger partial charge >= 0.3 is 17.9 Å². The molecule has 1 N–H and O–H groups in total. The van der Waals surface area contributed by atoms with Crippen LogP contribution in [0.15, 0.2) is 48.6 Å². The second-order valence-electron chi connectivity index (χ2n) is 7.06. The molecule has 9 heteroatoms. The van der Waals surface area contributed by atoms with E-state index in [9.17, 15) is 19.5 Å². The molecule has 2 unspecified atom stereocenters. The van der Waals surface area contributed by atoms with Crippen LogP contribution >= 0.6 is 0 Å². The van der Waals surface area contributed by atoms with Crippen LogP contribution in [-0.4, -0.2) is 60.5 Å². The zero-order valence-electron chi connectivity index (χ0n) is 17.6. The number of aliphatic hydroxyl groups excluding tert-OH is 1. The predicted octanol–water partition coefficient (Wildman–Crippen LogP) is 1.72. The van der Waals surface area contributed by atoms with E-state index in [1.807, 2.05) is 0 Å². The van der Waals surface area contributed by atoms with Gasteiger partial charge in [-0.3, -0.25) is 0 Å². The Kier molecular flexibility index (Phi) is 9.16. The van der Waals surface area contributed by atoms with Crippen LogP contribution in [0.3, 0.4) is 0 Å². The molecule has 166 valence electrons. The minimum absolute atomic E-state index is 0.0705. The summed E-state index contributed by atoms with van der Waals surface area (Å²) in [6, 6.07) is 0. The highest BCUT2D eigenvalue weighted by molar-refractivity contribution is 5.88. The maximum atomic E-state index is 12.2. The summed E-state index contributed by atoms with van der Waals surface area (Å²) in [5, 5.41) is 10.1. The minimum Gasteiger partial charge on any atom is -0.452 e. The SMILES string of the molecule is C=C(C)C(=O)OC1OC[C@@H](OC(=O)C(=C)C)[C@@H](OC(=O)C(=C)C)[C@@H]1OC(O)C(=C)C. The maximum Gasteiger partial charge on any atom is 0.335 e. The van der Waals surface area contributed by atoms with Gasteiger partial charge in [-0.1, -0.05) is 26.3 Å². The fourth-order valence-electron chi connectivity index (χ4n) is 2.17. The van der Waals surface area contributed by atoms with Gasteiger partial charge in [0.15, 0.2) is 24.6 Å². The molecule has 1 heterocycles. The van der Waals surface area contributed by atoms with Crippen molar-refractivity contribution < 1.29 is 43.2 Å². The third-order valence-corrected chi connectivity index (χ3v) is 3.86. The van der Waals surface area contributed by atoms with Crippen LogP contribution in [0.5, 0.6) is 0 Å². The molecule has 1 aliphatic rings. The number of hydrogen-bond donors (Lipinski definition) is 1. The second kappa shape index (κ2) is 10.9. The van der Waals surface area contributed by atoms with Crippen LogP contribution < -0.4 is 0 Å². The van der Waals surface area contributed by atoms with Gasteiger partial charge in [-0.25, -0.2) is 14.4 Å². The first-order valence-electron chi connectivity index (χ1n) is 9.05. The number of esters is 3. The maximum absolute atomic E-state index is 12.2. The van der Waals surface area contributed by atoms with E-state index in [1.54, 1.807) is 0 Å². The first-order chi connectivity index (χ1) is 13.8. The summed E-state index contributed by atoms with van der Waals surface area (Å²) in [5.74, 6) is -2.35. The summed E-state index contributed by atoms with van der Waals surface area (Å²) in [6.45, 7) is 19.6. The van der Waals surface area contributed by atoms with Gasteiger partial charge < -0.3 is 28.8 Å². The Morgan fingerprint density at radius 2 is 1.30 bits per heavy atom. The molecule has 0 bridgehead atoms. The van der Waals surface area contributed by atoms with Crippen molar-refractivity contribution in [3.63, 3.8) is 0 Å².